The van der Waals surface area contributed by atoms with Gasteiger partial charge in [0, 0.05) is 24.7 Å². The van der Waals surface area contributed by atoms with Crippen LogP contribution in [0.3, 0.4) is 0 Å². The number of imide groups is 1. The van der Waals surface area contributed by atoms with Gasteiger partial charge >= 0.3 is 6.03 Å². The summed E-state index contributed by atoms with van der Waals surface area (Å²) >= 11 is 0. The van der Waals surface area contributed by atoms with Crippen LogP contribution in [0.5, 0.6) is 5.75 Å². The summed E-state index contributed by atoms with van der Waals surface area (Å²) in [6.07, 6.45) is 4.48. The number of rotatable bonds is 6. The maximum absolute atomic E-state index is 12.8. The highest BCUT2D eigenvalue weighted by atomic mass is 16.5. The lowest BCUT2D eigenvalue weighted by molar-refractivity contribution is -0.124. The first-order chi connectivity index (χ1) is 13.0. The van der Waals surface area contributed by atoms with Crippen molar-refractivity contribution in [2.45, 2.75) is 43.8 Å². The Morgan fingerprint density at radius 3 is 2.70 bits per heavy atom. The molecule has 144 valence electrons. The van der Waals surface area contributed by atoms with E-state index in [0.29, 0.717) is 30.4 Å². The largest absolute Gasteiger partial charge is 0.497 e. The minimum absolute atomic E-state index is 0.125. The fourth-order valence-corrected chi connectivity index (χ4v) is 4.21. The first kappa shape index (κ1) is 17.8. The molecule has 3 N–H and O–H groups in total. The van der Waals surface area contributed by atoms with Crippen molar-refractivity contribution in [3.8, 4) is 5.75 Å². The van der Waals surface area contributed by atoms with Crippen LogP contribution in [0.2, 0.25) is 0 Å². The van der Waals surface area contributed by atoms with Gasteiger partial charge in [-0.15, -0.1) is 0 Å². The molecule has 1 atom stereocenters. The summed E-state index contributed by atoms with van der Waals surface area (Å²) in [7, 11) is 1.58. The van der Waals surface area contributed by atoms with Crippen molar-refractivity contribution in [2.24, 2.45) is 0 Å². The molecule has 1 unspecified atom stereocenters. The van der Waals surface area contributed by atoms with Crippen molar-refractivity contribution in [1.82, 2.24) is 20.9 Å². The van der Waals surface area contributed by atoms with E-state index < -0.39 is 11.6 Å². The zero-order valence-corrected chi connectivity index (χ0v) is 15.3. The predicted molar refractivity (Wildman–Crippen MR) is 97.4 cm³/mol. The number of nitrogens with zero attached hydrogens (tertiary/aromatic N) is 1. The molecule has 0 bridgehead atoms. The highest BCUT2D eigenvalue weighted by Crippen LogP contribution is 2.28. The number of hydrogen-bond donors (Lipinski definition) is 3. The van der Waals surface area contributed by atoms with E-state index >= 15 is 0 Å². The predicted octanol–water partition coefficient (Wildman–Crippen LogP) is 0.761. The van der Waals surface area contributed by atoms with Crippen molar-refractivity contribution in [2.75, 3.05) is 20.2 Å². The maximum atomic E-state index is 12.8. The lowest BCUT2D eigenvalue weighted by atomic mass is 9.98. The molecule has 2 aliphatic heterocycles. The molecule has 0 radical (unpaired) electrons. The van der Waals surface area contributed by atoms with E-state index in [2.05, 4.69) is 16.0 Å². The van der Waals surface area contributed by atoms with Gasteiger partial charge in [0.25, 0.3) is 11.8 Å². The van der Waals surface area contributed by atoms with Crippen LogP contribution in [0.25, 0.3) is 0 Å². The van der Waals surface area contributed by atoms with E-state index in [9.17, 15) is 14.4 Å². The van der Waals surface area contributed by atoms with E-state index in [1.807, 2.05) is 6.07 Å². The third kappa shape index (κ3) is 3.25. The average molecular weight is 372 g/mol. The molecule has 1 aromatic rings. The zero-order chi connectivity index (χ0) is 19.0. The molecule has 3 aliphatic rings. The first-order valence-corrected chi connectivity index (χ1v) is 9.34. The standard InChI is InChI=1S/C19H24N4O4/c1-27-14-6-7-15-12(8-14)9-23(16(15)24)11-19(17(25)21-18(26)22-19)10-20-13-4-2-3-5-13/h6-8,13,20H,2-5,9-11H2,1H3,(H2,21,22,25,26). The summed E-state index contributed by atoms with van der Waals surface area (Å²) in [5.41, 5.74) is 0.323. The van der Waals surface area contributed by atoms with Crippen LogP contribution in [-0.4, -0.2) is 54.5 Å². The van der Waals surface area contributed by atoms with Crippen molar-refractivity contribution in [3.63, 3.8) is 0 Å². The van der Waals surface area contributed by atoms with E-state index in [-0.39, 0.29) is 18.4 Å². The first-order valence-electron chi connectivity index (χ1n) is 9.34. The van der Waals surface area contributed by atoms with E-state index in [1.165, 1.54) is 12.8 Å². The number of amides is 4. The molecule has 1 saturated carbocycles. The summed E-state index contributed by atoms with van der Waals surface area (Å²) in [5, 5.41) is 8.49. The van der Waals surface area contributed by atoms with Crippen molar-refractivity contribution >= 4 is 17.8 Å². The van der Waals surface area contributed by atoms with Crippen molar-refractivity contribution in [1.29, 1.82) is 0 Å². The van der Waals surface area contributed by atoms with Crippen LogP contribution in [-0.2, 0) is 11.3 Å². The van der Waals surface area contributed by atoms with Gasteiger partial charge in [-0.3, -0.25) is 14.9 Å². The van der Waals surface area contributed by atoms with Crippen LogP contribution in [0.4, 0.5) is 4.79 Å². The Morgan fingerprint density at radius 2 is 2.04 bits per heavy atom. The number of nitrogens with one attached hydrogen (secondary N) is 3. The molecule has 2 fully saturated rings. The molecule has 8 nitrogen and oxygen atoms in total. The van der Waals surface area contributed by atoms with Gasteiger partial charge < -0.3 is 20.3 Å². The Labute approximate surface area is 157 Å². The van der Waals surface area contributed by atoms with Gasteiger partial charge in [-0.05, 0) is 36.6 Å². The molecule has 2 heterocycles. The van der Waals surface area contributed by atoms with Gasteiger partial charge in [0.05, 0.1) is 13.7 Å². The molecule has 0 spiro atoms. The molecular weight excluding hydrogens is 348 g/mol. The third-order valence-electron chi connectivity index (χ3n) is 5.71. The summed E-state index contributed by atoms with van der Waals surface area (Å²) < 4.78 is 5.23. The summed E-state index contributed by atoms with van der Waals surface area (Å²) in [6.45, 7) is 0.818. The molecule has 1 aliphatic carbocycles. The van der Waals surface area contributed by atoms with Gasteiger partial charge in [0.2, 0.25) is 0 Å². The quantitative estimate of drug-likeness (QED) is 0.641. The molecular formula is C19H24N4O4. The smallest absolute Gasteiger partial charge is 0.322 e. The van der Waals surface area contributed by atoms with E-state index in [0.717, 1.165) is 18.4 Å². The molecule has 1 saturated heterocycles. The fraction of sp³-hybridized carbons (Fsp3) is 0.526. The van der Waals surface area contributed by atoms with Crippen molar-refractivity contribution in [3.05, 3.63) is 29.3 Å². The average Bonchev–Trinajstić information content (AvgIpc) is 3.34. The number of fused-ring (bicyclic) bond motifs is 1. The monoisotopic (exact) mass is 372 g/mol. The Bertz CT molecular complexity index is 790. The number of carbonyl (C=O) groups is 3. The Kier molecular flexibility index (Phi) is 4.51. The van der Waals surface area contributed by atoms with Crippen LogP contribution in [0.1, 0.15) is 41.6 Å². The molecule has 0 aromatic heterocycles. The topological polar surface area (TPSA) is 99.8 Å². The number of benzene rings is 1. The second-order valence-corrected chi connectivity index (χ2v) is 7.54. The molecule has 4 rings (SSSR count). The van der Waals surface area contributed by atoms with Crippen LogP contribution in [0.15, 0.2) is 18.2 Å². The minimum atomic E-state index is -1.15. The van der Waals surface area contributed by atoms with E-state index in [1.54, 1.807) is 24.1 Å². The van der Waals surface area contributed by atoms with Gasteiger partial charge in [-0.2, -0.15) is 0 Å². The number of ether oxygens (including phenoxy) is 1. The van der Waals surface area contributed by atoms with Crippen LogP contribution < -0.4 is 20.7 Å². The molecule has 4 amide bonds. The van der Waals surface area contributed by atoms with Crippen LogP contribution in [0, 0.1) is 0 Å². The zero-order valence-electron chi connectivity index (χ0n) is 15.3. The summed E-state index contributed by atoms with van der Waals surface area (Å²) in [6, 6.07) is 5.17. The van der Waals surface area contributed by atoms with Crippen LogP contribution >= 0.6 is 0 Å². The fourth-order valence-electron chi connectivity index (χ4n) is 4.21. The lowest BCUT2D eigenvalue weighted by Crippen LogP contribution is -2.61. The minimum Gasteiger partial charge on any atom is -0.497 e. The Hall–Kier alpha value is -2.61. The van der Waals surface area contributed by atoms with E-state index in [4.69, 9.17) is 4.74 Å². The number of carbonyl (C=O) groups excluding carboxylic acids is 3. The van der Waals surface area contributed by atoms with Gasteiger partial charge in [0.15, 0.2) is 5.54 Å². The maximum Gasteiger partial charge on any atom is 0.322 e. The molecule has 27 heavy (non-hydrogen) atoms. The van der Waals surface area contributed by atoms with Gasteiger partial charge in [-0.1, -0.05) is 12.8 Å². The number of urea groups is 1. The van der Waals surface area contributed by atoms with Gasteiger partial charge in [0.1, 0.15) is 5.75 Å². The molecule has 1 aromatic carbocycles. The second kappa shape index (κ2) is 6.84. The SMILES string of the molecule is COc1ccc2c(c1)CN(CC1(CNC3CCCC3)NC(=O)NC1=O)C2=O. The highest BCUT2D eigenvalue weighted by Gasteiger charge is 2.49. The Balaban J connectivity index is 1.52. The number of methoxy groups -OCH3 is 1. The second-order valence-electron chi connectivity index (χ2n) is 7.54. The lowest BCUT2D eigenvalue weighted by Gasteiger charge is -2.32. The number of hydrogen-bond acceptors (Lipinski definition) is 5. The Morgan fingerprint density at radius 1 is 1.26 bits per heavy atom. The third-order valence-corrected chi connectivity index (χ3v) is 5.71. The summed E-state index contributed by atoms with van der Waals surface area (Å²) in [4.78, 5) is 38.8. The normalized spacial score (nSPS) is 24.9. The summed E-state index contributed by atoms with van der Waals surface area (Å²) in [5.74, 6) is 0.161. The molecule has 8 heteroatoms. The highest BCUT2D eigenvalue weighted by molar-refractivity contribution is 6.08. The van der Waals surface area contributed by atoms with Crippen molar-refractivity contribution < 1.29 is 19.1 Å². The van der Waals surface area contributed by atoms with Gasteiger partial charge in [-0.25, -0.2) is 4.79 Å².